The molecule has 0 unspecified atom stereocenters. The van der Waals surface area contributed by atoms with Crippen LogP contribution in [0.3, 0.4) is 0 Å². The monoisotopic (exact) mass is 235 g/mol. The molecule has 0 saturated carbocycles. The summed E-state index contributed by atoms with van der Waals surface area (Å²) >= 11 is 5.24. The van der Waals surface area contributed by atoms with Crippen LogP contribution in [0.15, 0.2) is 6.20 Å². The lowest BCUT2D eigenvalue weighted by Gasteiger charge is -2.11. The standard InChI is InChI=1S/C9H8ClF2NO2/c1-4-6(9(11)12)13-3-5(8(10)14)7(4)15-2/h3,9H,1-2H3. The van der Waals surface area contributed by atoms with Crippen LogP contribution in [0, 0.1) is 6.92 Å². The Hall–Kier alpha value is -1.23. The number of carbonyl (C=O) groups is 1. The molecule has 0 spiro atoms. The van der Waals surface area contributed by atoms with E-state index in [0.29, 0.717) is 0 Å². The first-order valence-electron chi connectivity index (χ1n) is 4.00. The molecule has 0 amide bonds. The Balaban J connectivity index is 3.39. The van der Waals surface area contributed by atoms with Gasteiger partial charge in [0, 0.05) is 11.8 Å². The van der Waals surface area contributed by atoms with Crippen molar-refractivity contribution in [2.75, 3.05) is 7.11 Å². The lowest BCUT2D eigenvalue weighted by atomic mass is 10.1. The molecule has 0 atom stereocenters. The Bertz CT molecular complexity index is 396. The number of hydrogen-bond acceptors (Lipinski definition) is 3. The zero-order chi connectivity index (χ0) is 11.6. The van der Waals surface area contributed by atoms with Gasteiger partial charge in [0.15, 0.2) is 0 Å². The first-order chi connectivity index (χ1) is 6.99. The molecule has 1 aromatic heterocycles. The highest BCUT2D eigenvalue weighted by Crippen LogP contribution is 2.30. The fourth-order valence-electron chi connectivity index (χ4n) is 1.23. The van der Waals surface area contributed by atoms with Crippen molar-refractivity contribution in [3.8, 4) is 5.75 Å². The van der Waals surface area contributed by atoms with Crippen molar-refractivity contribution >= 4 is 16.8 Å². The molecule has 0 bridgehead atoms. The van der Waals surface area contributed by atoms with E-state index in [9.17, 15) is 13.6 Å². The second kappa shape index (κ2) is 4.53. The van der Waals surface area contributed by atoms with Gasteiger partial charge in [-0.05, 0) is 18.5 Å². The Labute approximate surface area is 90.0 Å². The van der Waals surface area contributed by atoms with E-state index in [4.69, 9.17) is 16.3 Å². The highest BCUT2D eigenvalue weighted by atomic mass is 35.5. The van der Waals surface area contributed by atoms with Crippen LogP contribution < -0.4 is 4.74 Å². The Morgan fingerprint density at radius 3 is 2.60 bits per heavy atom. The summed E-state index contributed by atoms with van der Waals surface area (Å²) < 4.78 is 29.7. The average Bonchev–Trinajstić information content (AvgIpc) is 2.16. The predicted molar refractivity (Wildman–Crippen MR) is 50.7 cm³/mol. The first-order valence-corrected chi connectivity index (χ1v) is 4.38. The van der Waals surface area contributed by atoms with Crippen molar-refractivity contribution in [2.45, 2.75) is 13.3 Å². The lowest BCUT2D eigenvalue weighted by Crippen LogP contribution is -2.04. The summed E-state index contributed by atoms with van der Waals surface area (Å²) in [6.07, 6.45) is -1.72. The molecule has 6 heteroatoms. The van der Waals surface area contributed by atoms with Crippen LogP contribution in [0.5, 0.6) is 5.75 Å². The molecule has 0 radical (unpaired) electrons. The maximum absolute atomic E-state index is 12.4. The number of nitrogens with zero attached hydrogens (tertiary/aromatic N) is 1. The Morgan fingerprint density at radius 2 is 2.20 bits per heavy atom. The van der Waals surface area contributed by atoms with Gasteiger partial charge < -0.3 is 4.74 Å². The topological polar surface area (TPSA) is 39.2 Å². The third-order valence-electron chi connectivity index (χ3n) is 1.92. The minimum Gasteiger partial charge on any atom is -0.496 e. The Kier molecular flexibility index (Phi) is 3.57. The number of halogens is 3. The van der Waals surface area contributed by atoms with Crippen LogP contribution in [-0.2, 0) is 0 Å². The molecule has 0 fully saturated rings. The second-order valence-corrected chi connectivity index (χ2v) is 3.13. The van der Waals surface area contributed by atoms with Crippen LogP contribution in [0.1, 0.15) is 28.0 Å². The molecule has 0 aromatic carbocycles. The summed E-state index contributed by atoms with van der Waals surface area (Å²) in [5, 5.41) is -0.789. The Morgan fingerprint density at radius 1 is 1.60 bits per heavy atom. The third kappa shape index (κ3) is 2.23. The molecule has 0 saturated heterocycles. The van der Waals surface area contributed by atoms with E-state index in [2.05, 4.69) is 4.98 Å². The van der Waals surface area contributed by atoms with Gasteiger partial charge in [-0.2, -0.15) is 0 Å². The van der Waals surface area contributed by atoms with E-state index in [-0.39, 0.29) is 16.9 Å². The van der Waals surface area contributed by atoms with Crippen LogP contribution in [0.25, 0.3) is 0 Å². The van der Waals surface area contributed by atoms with Crippen molar-refractivity contribution in [3.05, 3.63) is 23.0 Å². The molecule has 0 aliphatic heterocycles. The molecule has 0 aliphatic carbocycles. The van der Waals surface area contributed by atoms with Crippen molar-refractivity contribution in [1.29, 1.82) is 0 Å². The van der Waals surface area contributed by atoms with Gasteiger partial charge in [0.1, 0.15) is 11.4 Å². The molecule has 1 rings (SSSR count). The maximum atomic E-state index is 12.4. The fourth-order valence-corrected chi connectivity index (χ4v) is 1.37. The van der Waals surface area contributed by atoms with Crippen LogP contribution in [0.4, 0.5) is 8.78 Å². The fraction of sp³-hybridized carbons (Fsp3) is 0.333. The van der Waals surface area contributed by atoms with E-state index in [1.165, 1.54) is 14.0 Å². The largest absolute Gasteiger partial charge is 0.496 e. The van der Waals surface area contributed by atoms with Crippen molar-refractivity contribution in [1.82, 2.24) is 4.98 Å². The van der Waals surface area contributed by atoms with Crippen molar-refractivity contribution in [2.24, 2.45) is 0 Å². The van der Waals surface area contributed by atoms with Gasteiger partial charge in [-0.3, -0.25) is 9.78 Å². The van der Waals surface area contributed by atoms with E-state index in [1.54, 1.807) is 0 Å². The normalized spacial score (nSPS) is 10.5. The highest BCUT2D eigenvalue weighted by molar-refractivity contribution is 6.68. The molecule has 1 heterocycles. The quantitative estimate of drug-likeness (QED) is 0.756. The van der Waals surface area contributed by atoms with Crippen LogP contribution >= 0.6 is 11.6 Å². The number of carbonyl (C=O) groups excluding carboxylic acids is 1. The predicted octanol–water partition coefficient (Wildman–Crippen LogP) is 2.72. The molecule has 1 aromatic rings. The zero-order valence-corrected chi connectivity index (χ0v) is 8.81. The van der Waals surface area contributed by atoms with E-state index in [0.717, 1.165) is 6.20 Å². The number of aromatic nitrogens is 1. The average molecular weight is 236 g/mol. The number of hydrogen-bond donors (Lipinski definition) is 0. The SMILES string of the molecule is COc1c(C(=O)Cl)cnc(C(F)F)c1C. The van der Waals surface area contributed by atoms with Gasteiger partial charge in [0.2, 0.25) is 0 Å². The highest BCUT2D eigenvalue weighted by Gasteiger charge is 2.20. The molecule has 15 heavy (non-hydrogen) atoms. The number of alkyl halides is 2. The summed E-state index contributed by atoms with van der Waals surface area (Å²) in [5.74, 6) is 0.0419. The molecule has 3 nitrogen and oxygen atoms in total. The van der Waals surface area contributed by atoms with Gasteiger partial charge >= 0.3 is 0 Å². The first kappa shape index (κ1) is 11.8. The van der Waals surface area contributed by atoms with Gasteiger partial charge in [0.25, 0.3) is 11.7 Å². The zero-order valence-electron chi connectivity index (χ0n) is 8.05. The van der Waals surface area contributed by atoms with E-state index < -0.39 is 17.4 Å². The summed E-state index contributed by atoms with van der Waals surface area (Å²) in [7, 11) is 1.28. The van der Waals surface area contributed by atoms with Crippen LogP contribution in [-0.4, -0.2) is 17.3 Å². The summed E-state index contributed by atoms with van der Waals surface area (Å²) in [4.78, 5) is 14.4. The van der Waals surface area contributed by atoms with E-state index >= 15 is 0 Å². The third-order valence-corrected chi connectivity index (χ3v) is 2.13. The molecule has 82 valence electrons. The number of ether oxygens (including phenoxy) is 1. The lowest BCUT2D eigenvalue weighted by molar-refractivity contribution is 0.107. The van der Waals surface area contributed by atoms with Gasteiger partial charge in [0.05, 0.1) is 12.7 Å². The van der Waals surface area contributed by atoms with E-state index in [1.807, 2.05) is 0 Å². The smallest absolute Gasteiger partial charge is 0.280 e. The summed E-state index contributed by atoms with van der Waals surface area (Å²) in [5.41, 5.74) is -0.298. The minimum absolute atomic E-state index is 0.0129. The van der Waals surface area contributed by atoms with Gasteiger partial charge in [-0.25, -0.2) is 8.78 Å². The summed E-state index contributed by atoms with van der Waals surface area (Å²) in [6.45, 7) is 1.40. The van der Waals surface area contributed by atoms with Crippen molar-refractivity contribution in [3.63, 3.8) is 0 Å². The molecular weight excluding hydrogens is 228 g/mol. The number of rotatable bonds is 3. The van der Waals surface area contributed by atoms with Gasteiger partial charge in [-0.1, -0.05) is 0 Å². The maximum Gasteiger partial charge on any atom is 0.280 e. The van der Waals surface area contributed by atoms with Crippen molar-refractivity contribution < 1.29 is 18.3 Å². The molecule has 0 N–H and O–H groups in total. The second-order valence-electron chi connectivity index (χ2n) is 2.79. The van der Waals surface area contributed by atoms with Gasteiger partial charge in [-0.15, -0.1) is 0 Å². The summed E-state index contributed by atoms with van der Waals surface area (Å²) in [6, 6.07) is 0. The minimum atomic E-state index is -2.71. The molecule has 0 aliphatic rings. The molecular formula is C9H8ClF2NO2. The number of methoxy groups -OCH3 is 1. The number of pyridine rings is 1. The van der Waals surface area contributed by atoms with Crippen LogP contribution in [0.2, 0.25) is 0 Å².